The predicted molar refractivity (Wildman–Crippen MR) is 178 cm³/mol. The molecule has 0 bridgehead atoms. The average Bonchev–Trinajstić information content (AvgIpc) is 3.68. The Bertz CT molecular complexity index is 2300. The summed E-state index contributed by atoms with van der Waals surface area (Å²) in [5.74, 6) is -0.478. The van der Waals surface area contributed by atoms with E-state index in [-0.39, 0.29) is 6.54 Å². The molecule has 230 valence electrons. The van der Waals surface area contributed by atoms with Gasteiger partial charge < -0.3 is 10.3 Å². The van der Waals surface area contributed by atoms with Crippen LogP contribution >= 0.6 is 0 Å². The first kappa shape index (κ1) is 29.5. The monoisotopic (exact) mass is 631 g/mol. The van der Waals surface area contributed by atoms with Crippen molar-refractivity contribution >= 4 is 31.8 Å². The van der Waals surface area contributed by atoms with Gasteiger partial charge in [-0.15, -0.1) is 0 Å². The van der Waals surface area contributed by atoms with E-state index < -0.39 is 15.8 Å². The smallest absolute Gasteiger partial charge is 0.209 e. The lowest BCUT2D eigenvalue weighted by molar-refractivity contribution is 0.586. The molecule has 0 aliphatic carbocycles. The van der Waals surface area contributed by atoms with Crippen LogP contribution in [-0.2, 0) is 29.7 Å². The van der Waals surface area contributed by atoms with Gasteiger partial charge in [0.2, 0.25) is 10.0 Å². The highest BCUT2D eigenvalue weighted by atomic mass is 32.2. The summed E-state index contributed by atoms with van der Waals surface area (Å²) < 4.78 is 40.2. The van der Waals surface area contributed by atoms with Gasteiger partial charge in [0.1, 0.15) is 11.5 Å². The van der Waals surface area contributed by atoms with E-state index in [1.165, 1.54) is 17.7 Å². The molecule has 4 N–H and O–H groups in total. The molecule has 0 spiro atoms. The maximum Gasteiger partial charge on any atom is 0.209 e. The summed E-state index contributed by atoms with van der Waals surface area (Å²) in [5.41, 5.74) is 9.16. The molecule has 0 radical (unpaired) electrons. The summed E-state index contributed by atoms with van der Waals surface area (Å²) in [7, 11) is -3.43. The number of pyridine rings is 2. The number of rotatable bonds is 10. The van der Waals surface area contributed by atoms with Crippen molar-refractivity contribution in [2.45, 2.75) is 19.6 Å². The molecule has 0 aliphatic rings. The van der Waals surface area contributed by atoms with Gasteiger partial charge in [-0.05, 0) is 70.8 Å². The van der Waals surface area contributed by atoms with Crippen LogP contribution in [0.25, 0.3) is 55.6 Å². The second-order valence-corrected chi connectivity index (χ2v) is 13.1. The van der Waals surface area contributed by atoms with Crippen LogP contribution in [0.15, 0.2) is 104 Å². The van der Waals surface area contributed by atoms with Gasteiger partial charge in [0, 0.05) is 65.6 Å². The number of hydrogen-bond donors (Lipinski definition) is 4. The van der Waals surface area contributed by atoms with E-state index in [4.69, 9.17) is 0 Å². The third-order valence-corrected chi connectivity index (χ3v) is 8.43. The zero-order valence-corrected chi connectivity index (χ0v) is 25.7. The van der Waals surface area contributed by atoms with E-state index in [9.17, 15) is 12.8 Å². The van der Waals surface area contributed by atoms with Crippen molar-refractivity contribution in [3.8, 4) is 33.8 Å². The summed E-state index contributed by atoms with van der Waals surface area (Å²) in [6.45, 7) is 1.45. The summed E-state index contributed by atoms with van der Waals surface area (Å²) in [4.78, 5) is 12.5. The van der Waals surface area contributed by atoms with Crippen molar-refractivity contribution in [2.24, 2.45) is 0 Å². The van der Waals surface area contributed by atoms with E-state index in [0.717, 1.165) is 62.7 Å². The lowest BCUT2D eigenvalue weighted by Crippen LogP contribution is -2.21. The number of nitrogens with zero attached hydrogens (tertiary/aromatic N) is 3. The fourth-order valence-corrected chi connectivity index (χ4v) is 6.03. The largest absolute Gasteiger partial charge is 0.353 e. The number of sulfonamides is 1. The number of H-pyrrole nitrogens is 2. The first-order valence-electron chi connectivity index (χ1n) is 14.7. The molecule has 0 saturated carbocycles. The van der Waals surface area contributed by atoms with Gasteiger partial charge in [0.15, 0.2) is 0 Å². The maximum atomic E-state index is 14.6. The van der Waals surface area contributed by atoms with E-state index >= 15 is 0 Å². The van der Waals surface area contributed by atoms with Gasteiger partial charge in [-0.25, -0.2) is 17.5 Å². The Labute approximate surface area is 265 Å². The third kappa shape index (κ3) is 6.43. The van der Waals surface area contributed by atoms with Crippen LogP contribution in [-0.4, -0.2) is 39.8 Å². The highest BCUT2D eigenvalue weighted by Crippen LogP contribution is 2.35. The normalized spacial score (nSPS) is 11.9. The van der Waals surface area contributed by atoms with Crippen LogP contribution in [0.2, 0.25) is 0 Å². The molecule has 7 rings (SSSR count). The molecule has 3 aromatic carbocycles. The van der Waals surface area contributed by atoms with Crippen molar-refractivity contribution in [3.05, 3.63) is 126 Å². The highest BCUT2D eigenvalue weighted by Gasteiger charge is 2.16. The number of benzene rings is 3. The summed E-state index contributed by atoms with van der Waals surface area (Å²) in [6, 6.07) is 26.9. The molecular formula is C35H30FN7O2S. The van der Waals surface area contributed by atoms with Crippen molar-refractivity contribution in [1.82, 2.24) is 35.2 Å². The topological polar surface area (TPSA) is 128 Å². The lowest BCUT2D eigenvalue weighted by atomic mass is 10.0. The molecule has 4 heterocycles. The first-order chi connectivity index (χ1) is 22.3. The van der Waals surface area contributed by atoms with Crippen molar-refractivity contribution in [3.63, 3.8) is 0 Å². The average molecular weight is 632 g/mol. The molecule has 0 fully saturated rings. The summed E-state index contributed by atoms with van der Waals surface area (Å²) >= 11 is 0. The minimum Gasteiger partial charge on any atom is -0.353 e. The predicted octanol–water partition coefficient (Wildman–Crippen LogP) is 6.31. The fourth-order valence-electron chi connectivity index (χ4n) is 5.60. The molecule has 0 unspecified atom stereocenters. The second kappa shape index (κ2) is 12.3. The minimum atomic E-state index is -3.43. The third-order valence-electron chi connectivity index (χ3n) is 7.76. The van der Waals surface area contributed by atoms with Crippen LogP contribution in [0.5, 0.6) is 0 Å². The first-order valence-corrected chi connectivity index (χ1v) is 16.6. The van der Waals surface area contributed by atoms with E-state index in [2.05, 4.69) is 65.5 Å². The molecular weight excluding hydrogens is 601 g/mol. The van der Waals surface area contributed by atoms with Gasteiger partial charge in [-0.1, -0.05) is 36.4 Å². The molecule has 46 heavy (non-hydrogen) atoms. The van der Waals surface area contributed by atoms with Gasteiger partial charge >= 0.3 is 0 Å². The van der Waals surface area contributed by atoms with Crippen LogP contribution in [0.1, 0.15) is 16.7 Å². The number of aromatic amines is 2. The zero-order valence-electron chi connectivity index (χ0n) is 24.9. The number of halogens is 1. The Morgan fingerprint density at radius 1 is 0.739 bits per heavy atom. The van der Waals surface area contributed by atoms with E-state index in [1.54, 1.807) is 12.3 Å². The summed E-state index contributed by atoms with van der Waals surface area (Å²) in [5, 5.41) is 13.0. The second-order valence-electron chi connectivity index (χ2n) is 11.2. The molecule has 4 aromatic heterocycles. The van der Waals surface area contributed by atoms with E-state index in [0.29, 0.717) is 23.4 Å². The number of hydrogen-bond acceptors (Lipinski definition) is 6. The van der Waals surface area contributed by atoms with Crippen LogP contribution < -0.4 is 10.0 Å². The Morgan fingerprint density at radius 3 is 2.39 bits per heavy atom. The Kier molecular flexibility index (Phi) is 7.87. The van der Waals surface area contributed by atoms with Gasteiger partial charge in [-0.3, -0.25) is 15.1 Å². The van der Waals surface area contributed by atoms with Crippen LogP contribution in [0, 0.1) is 5.82 Å². The molecule has 0 aliphatic heterocycles. The highest BCUT2D eigenvalue weighted by molar-refractivity contribution is 7.88. The van der Waals surface area contributed by atoms with Gasteiger partial charge in [-0.2, -0.15) is 5.10 Å². The zero-order chi connectivity index (χ0) is 31.7. The standard InChI is InChI=1S/C35H30FN7O2S/c1-46(44,45)40-20-23-11-26(14-28(36)13-23)34-30-16-33(41-31(30)9-10-39-34)35-29-15-25(7-8-32(29)42-43-35)27-12-24(19-38-21-27)18-37-17-22-5-3-2-4-6-22/h2-16,19,21,37,40-41H,17-18,20H2,1H3,(H,42,43). The van der Waals surface area contributed by atoms with Gasteiger partial charge in [0.25, 0.3) is 0 Å². The Morgan fingerprint density at radius 2 is 1.54 bits per heavy atom. The van der Waals surface area contributed by atoms with Crippen molar-refractivity contribution in [2.75, 3.05) is 6.26 Å². The summed E-state index contributed by atoms with van der Waals surface area (Å²) in [6.07, 6.45) is 6.47. The van der Waals surface area contributed by atoms with E-state index in [1.807, 2.05) is 48.8 Å². The number of aromatic nitrogens is 5. The Hall–Kier alpha value is -5.23. The van der Waals surface area contributed by atoms with Gasteiger partial charge in [0.05, 0.1) is 23.2 Å². The number of fused-ring (bicyclic) bond motifs is 2. The SMILES string of the molecule is CS(=O)(=O)NCc1cc(F)cc(-c2nccc3[nH]c(-c4n[nH]c5ccc(-c6cncc(CNCc7ccccc7)c6)cc45)cc23)c1. The van der Waals surface area contributed by atoms with Crippen LogP contribution in [0.4, 0.5) is 4.39 Å². The number of nitrogens with one attached hydrogen (secondary N) is 4. The molecule has 0 saturated heterocycles. The van der Waals surface area contributed by atoms with Crippen LogP contribution in [0.3, 0.4) is 0 Å². The Balaban J connectivity index is 1.19. The molecule has 7 aromatic rings. The van der Waals surface area contributed by atoms with Crippen molar-refractivity contribution in [1.29, 1.82) is 0 Å². The minimum absolute atomic E-state index is 0.0256. The fraction of sp³-hybridized carbons (Fsp3) is 0.114. The van der Waals surface area contributed by atoms with Crippen molar-refractivity contribution < 1.29 is 12.8 Å². The molecule has 0 atom stereocenters. The maximum absolute atomic E-state index is 14.6. The molecule has 11 heteroatoms. The lowest BCUT2D eigenvalue weighted by Gasteiger charge is -2.08. The molecule has 9 nitrogen and oxygen atoms in total. The molecule has 0 amide bonds. The quantitative estimate of drug-likeness (QED) is 0.140.